The molecule has 0 radical (unpaired) electrons. The third-order valence-electron chi connectivity index (χ3n) is 2.31. The maximum Gasteiger partial charge on any atom is 0.295 e. The number of halogens is 3. The van der Waals surface area contributed by atoms with E-state index in [0.717, 1.165) is 12.1 Å². The first-order chi connectivity index (χ1) is 9.33. The van der Waals surface area contributed by atoms with Gasteiger partial charge >= 0.3 is 0 Å². The number of hydrogen-bond acceptors (Lipinski definition) is 4. The summed E-state index contributed by atoms with van der Waals surface area (Å²) in [6, 6.07) is 3.86. The lowest BCUT2D eigenvalue weighted by Crippen LogP contribution is -2.13. The molecule has 1 heterocycles. The lowest BCUT2D eigenvalue weighted by Gasteiger charge is -2.07. The largest absolute Gasteiger partial charge is 0.445 e. The molecule has 2 aromatic rings. The van der Waals surface area contributed by atoms with Crippen LogP contribution in [0.3, 0.4) is 0 Å². The molecule has 20 heavy (non-hydrogen) atoms. The zero-order valence-corrected chi connectivity index (χ0v) is 12.1. The normalized spacial score (nSPS) is 11.6. The Kier molecular flexibility index (Phi) is 4.11. The maximum atomic E-state index is 13.6. The van der Waals surface area contributed by atoms with Gasteiger partial charge in [-0.1, -0.05) is 0 Å². The van der Waals surface area contributed by atoms with Gasteiger partial charge in [0.1, 0.15) is 24.0 Å². The van der Waals surface area contributed by atoms with Gasteiger partial charge in [-0.15, -0.1) is 0 Å². The standard InChI is InChI=1S/C11H8BrF2NO4S/c12-7-3-9(14)10(4-8(7)13)15-20(17,18)11-2-1-6(5-16)19-11/h1-4,15-16H,5H2. The lowest BCUT2D eigenvalue weighted by atomic mass is 10.3. The molecule has 0 spiro atoms. The van der Waals surface area contributed by atoms with Gasteiger partial charge in [-0.2, -0.15) is 8.42 Å². The summed E-state index contributed by atoms with van der Waals surface area (Å²) in [4.78, 5) is 0. The summed E-state index contributed by atoms with van der Waals surface area (Å²) in [7, 11) is -4.20. The number of aliphatic hydroxyl groups excluding tert-OH is 1. The third-order valence-corrected chi connectivity index (χ3v) is 4.16. The smallest absolute Gasteiger partial charge is 0.295 e. The van der Waals surface area contributed by atoms with Crippen molar-refractivity contribution in [3.8, 4) is 0 Å². The highest BCUT2D eigenvalue weighted by atomic mass is 79.9. The molecule has 0 aliphatic heterocycles. The van der Waals surface area contributed by atoms with Gasteiger partial charge < -0.3 is 9.52 Å². The molecule has 0 saturated heterocycles. The van der Waals surface area contributed by atoms with Gasteiger partial charge in [-0.25, -0.2) is 8.78 Å². The summed E-state index contributed by atoms with van der Waals surface area (Å²) in [5.41, 5.74) is -0.548. The monoisotopic (exact) mass is 367 g/mol. The molecule has 5 nitrogen and oxygen atoms in total. The molecule has 1 aromatic carbocycles. The first-order valence-corrected chi connectivity index (χ1v) is 7.48. The fourth-order valence-corrected chi connectivity index (χ4v) is 2.71. The number of rotatable bonds is 4. The van der Waals surface area contributed by atoms with Crippen molar-refractivity contribution in [1.29, 1.82) is 0 Å². The van der Waals surface area contributed by atoms with Gasteiger partial charge in [0.05, 0.1) is 10.2 Å². The number of aliphatic hydroxyl groups is 1. The van der Waals surface area contributed by atoms with E-state index in [1.54, 1.807) is 0 Å². The minimum atomic E-state index is -4.20. The van der Waals surface area contributed by atoms with Crippen LogP contribution in [-0.4, -0.2) is 13.5 Å². The first kappa shape index (κ1) is 14.9. The summed E-state index contributed by atoms with van der Waals surface area (Å²) >= 11 is 2.78. The fraction of sp³-hybridized carbons (Fsp3) is 0.0909. The van der Waals surface area contributed by atoms with Crippen molar-refractivity contribution in [2.75, 3.05) is 4.72 Å². The Hall–Kier alpha value is -1.45. The summed E-state index contributed by atoms with van der Waals surface area (Å²) in [6.45, 7) is -0.475. The molecule has 0 bridgehead atoms. The Balaban J connectivity index is 2.35. The van der Waals surface area contributed by atoms with Crippen LogP contribution in [0.15, 0.2) is 38.2 Å². The predicted octanol–water partition coefficient (Wildman–Crippen LogP) is 2.61. The maximum absolute atomic E-state index is 13.6. The zero-order chi connectivity index (χ0) is 14.9. The number of benzene rings is 1. The Morgan fingerprint density at radius 1 is 1.25 bits per heavy atom. The van der Waals surface area contributed by atoms with Gasteiger partial charge in [0.2, 0.25) is 5.09 Å². The average molecular weight is 368 g/mol. The highest BCUT2D eigenvalue weighted by Gasteiger charge is 2.21. The van der Waals surface area contributed by atoms with Crippen molar-refractivity contribution in [2.24, 2.45) is 0 Å². The number of sulfonamides is 1. The molecule has 0 aliphatic carbocycles. The fourth-order valence-electron chi connectivity index (χ4n) is 1.38. The SMILES string of the molecule is O=S(=O)(Nc1cc(F)c(Br)cc1F)c1ccc(CO)o1. The topological polar surface area (TPSA) is 79.5 Å². The molecule has 2 rings (SSSR count). The molecule has 0 amide bonds. The molecule has 0 aliphatic rings. The van der Waals surface area contributed by atoms with Crippen molar-refractivity contribution in [1.82, 2.24) is 0 Å². The van der Waals surface area contributed by atoms with E-state index in [0.29, 0.717) is 6.07 Å². The molecule has 108 valence electrons. The van der Waals surface area contributed by atoms with E-state index in [-0.39, 0.29) is 10.2 Å². The highest BCUT2D eigenvalue weighted by Crippen LogP contribution is 2.26. The van der Waals surface area contributed by atoms with Gasteiger partial charge in [0.25, 0.3) is 10.0 Å². The average Bonchev–Trinajstić information content (AvgIpc) is 2.85. The van der Waals surface area contributed by atoms with Gasteiger partial charge in [-0.05, 0) is 34.1 Å². The molecule has 0 fully saturated rings. The van der Waals surface area contributed by atoms with Crippen molar-refractivity contribution >= 4 is 31.6 Å². The van der Waals surface area contributed by atoms with Crippen LogP contribution in [0.4, 0.5) is 14.5 Å². The van der Waals surface area contributed by atoms with E-state index in [2.05, 4.69) is 15.9 Å². The molecule has 0 saturated carbocycles. The molecule has 2 N–H and O–H groups in total. The number of anilines is 1. The van der Waals surface area contributed by atoms with Crippen LogP contribution < -0.4 is 4.72 Å². The molecular weight excluding hydrogens is 360 g/mol. The second-order valence-corrected chi connectivity index (χ2v) is 6.20. The van der Waals surface area contributed by atoms with Crippen LogP contribution in [0.5, 0.6) is 0 Å². The van der Waals surface area contributed by atoms with E-state index in [1.807, 2.05) is 4.72 Å². The van der Waals surface area contributed by atoms with Gasteiger partial charge in [0.15, 0.2) is 0 Å². The Bertz CT molecular complexity index is 745. The van der Waals surface area contributed by atoms with Crippen molar-refractivity contribution < 1.29 is 26.7 Å². The zero-order valence-electron chi connectivity index (χ0n) is 9.73. The van der Waals surface area contributed by atoms with Crippen LogP contribution in [0.25, 0.3) is 0 Å². The van der Waals surface area contributed by atoms with E-state index >= 15 is 0 Å². The highest BCUT2D eigenvalue weighted by molar-refractivity contribution is 9.10. The molecule has 1 aromatic heterocycles. The second kappa shape index (κ2) is 5.51. The Labute approximate surface area is 121 Å². The van der Waals surface area contributed by atoms with Crippen LogP contribution in [0.1, 0.15) is 5.76 Å². The summed E-state index contributed by atoms with van der Waals surface area (Å²) in [5, 5.41) is 8.28. The quantitative estimate of drug-likeness (QED) is 0.814. The van der Waals surface area contributed by atoms with Crippen molar-refractivity contribution in [2.45, 2.75) is 11.7 Å². The predicted molar refractivity (Wildman–Crippen MR) is 69.5 cm³/mol. The van der Waals surface area contributed by atoms with E-state index in [1.165, 1.54) is 6.07 Å². The van der Waals surface area contributed by atoms with Gasteiger partial charge in [0, 0.05) is 6.07 Å². The van der Waals surface area contributed by atoms with E-state index < -0.39 is 39.0 Å². The third kappa shape index (κ3) is 3.00. The number of nitrogens with one attached hydrogen (secondary N) is 1. The summed E-state index contributed by atoms with van der Waals surface area (Å²) < 4.78 is 57.2. The molecule has 0 atom stereocenters. The number of furan rings is 1. The minimum Gasteiger partial charge on any atom is -0.445 e. The van der Waals surface area contributed by atoms with Crippen LogP contribution >= 0.6 is 15.9 Å². The lowest BCUT2D eigenvalue weighted by molar-refractivity contribution is 0.236. The van der Waals surface area contributed by atoms with E-state index in [4.69, 9.17) is 9.52 Å². The van der Waals surface area contributed by atoms with Crippen LogP contribution in [-0.2, 0) is 16.6 Å². The Morgan fingerprint density at radius 2 is 1.95 bits per heavy atom. The van der Waals surface area contributed by atoms with Crippen molar-refractivity contribution in [3.05, 3.63) is 46.1 Å². The Morgan fingerprint density at radius 3 is 2.55 bits per heavy atom. The summed E-state index contributed by atoms with van der Waals surface area (Å²) in [6.07, 6.45) is 0. The van der Waals surface area contributed by atoms with E-state index in [9.17, 15) is 17.2 Å². The first-order valence-electron chi connectivity index (χ1n) is 5.20. The van der Waals surface area contributed by atoms with Gasteiger partial charge in [-0.3, -0.25) is 4.72 Å². The van der Waals surface area contributed by atoms with Crippen LogP contribution in [0.2, 0.25) is 0 Å². The molecule has 0 unspecified atom stereocenters. The molecule has 9 heteroatoms. The van der Waals surface area contributed by atoms with Crippen LogP contribution in [0, 0.1) is 11.6 Å². The minimum absolute atomic E-state index is 0.0350. The molecular formula is C11H8BrF2NO4S. The van der Waals surface area contributed by atoms with Crippen molar-refractivity contribution in [3.63, 3.8) is 0 Å². The second-order valence-electron chi connectivity index (χ2n) is 3.73. The number of hydrogen-bond donors (Lipinski definition) is 2. The summed E-state index contributed by atoms with van der Waals surface area (Å²) in [5.74, 6) is -1.73.